The van der Waals surface area contributed by atoms with E-state index in [0.29, 0.717) is 13.1 Å². The average molecular weight is 185 g/mol. The Kier molecular flexibility index (Phi) is 3.88. The Balaban J connectivity index is 2.48. The molecular formula is C8H15N3O2. The fourth-order valence-corrected chi connectivity index (χ4v) is 1.08. The van der Waals surface area contributed by atoms with Crippen molar-refractivity contribution in [3.05, 3.63) is 18.2 Å². The van der Waals surface area contributed by atoms with Crippen molar-refractivity contribution >= 4 is 0 Å². The zero-order valence-electron chi connectivity index (χ0n) is 7.64. The number of imidazole rings is 1. The van der Waals surface area contributed by atoms with Gasteiger partial charge in [-0.05, 0) is 7.05 Å². The second-order valence-electron chi connectivity index (χ2n) is 2.93. The van der Waals surface area contributed by atoms with Crippen LogP contribution in [-0.2, 0) is 13.1 Å². The fraction of sp³-hybridized carbons (Fsp3) is 0.625. The van der Waals surface area contributed by atoms with Gasteiger partial charge >= 0.3 is 0 Å². The lowest BCUT2D eigenvalue weighted by atomic mass is 10.4. The first-order valence-corrected chi connectivity index (χ1v) is 4.20. The molecule has 0 aromatic carbocycles. The van der Waals surface area contributed by atoms with E-state index in [1.54, 1.807) is 10.9 Å². The first-order valence-electron chi connectivity index (χ1n) is 4.20. The van der Waals surface area contributed by atoms with Crippen molar-refractivity contribution < 1.29 is 10.2 Å². The van der Waals surface area contributed by atoms with Gasteiger partial charge in [-0.15, -0.1) is 0 Å². The van der Waals surface area contributed by atoms with Crippen LogP contribution in [0.15, 0.2) is 12.5 Å². The smallest absolute Gasteiger partial charge is 0.0950 e. The van der Waals surface area contributed by atoms with Gasteiger partial charge in [0.2, 0.25) is 0 Å². The summed E-state index contributed by atoms with van der Waals surface area (Å²) in [6, 6.07) is 0. The molecule has 13 heavy (non-hydrogen) atoms. The first kappa shape index (κ1) is 10.2. The Morgan fingerprint density at radius 3 is 3.08 bits per heavy atom. The van der Waals surface area contributed by atoms with Crippen LogP contribution in [0.2, 0.25) is 0 Å². The maximum Gasteiger partial charge on any atom is 0.0950 e. The minimum absolute atomic E-state index is 0.223. The van der Waals surface area contributed by atoms with Crippen LogP contribution in [0.5, 0.6) is 0 Å². The molecule has 1 rings (SSSR count). The molecule has 1 unspecified atom stereocenters. The maximum atomic E-state index is 9.14. The Morgan fingerprint density at radius 2 is 2.46 bits per heavy atom. The quantitative estimate of drug-likeness (QED) is 0.548. The number of rotatable bonds is 5. The van der Waals surface area contributed by atoms with Gasteiger partial charge in [0.05, 0.1) is 31.3 Å². The van der Waals surface area contributed by atoms with E-state index in [2.05, 4.69) is 10.3 Å². The highest BCUT2D eigenvalue weighted by Crippen LogP contribution is 1.97. The summed E-state index contributed by atoms with van der Waals surface area (Å²) in [6.45, 7) is 0.870. The second-order valence-corrected chi connectivity index (χ2v) is 2.93. The molecule has 3 N–H and O–H groups in total. The monoisotopic (exact) mass is 185 g/mol. The van der Waals surface area contributed by atoms with Gasteiger partial charge in [-0.25, -0.2) is 4.98 Å². The number of aliphatic hydroxyl groups excluding tert-OH is 2. The Bertz CT molecular complexity index is 249. The van der Waals surface area contributed by atoms with Gasteiger partial charge in [-0.1, -0.05) is 0 Å². The van der Waals surface area contributed by atoms with E-state index >= 15 is 0 Å². The molecule has 5 nitrogen and oxygen atoms in total. The zero-order valence-corrected chi connectivity index (χ0v) is 7.64. The zero-order chi connectivity index (χ0) is 9.68. The Hall–Kier alpha value is -0.910. The summed E-state index contributed by atoms with van der Waals surface area (Å²) in [5.74, 6) is 0. The Morgan fingerprint density at radius 1 is 1.69 bits per heavy atom. The van der Waals surface area contributed by atoms with Crippen LogP contribution in [0.4, 0.5) is 0 Å². The van der Waals surface area contributed by atoms with Gasteiger partial charge in [-0.2, -0.15) is 0 Å². The van der Waals surface area contributed by atoms with E-state index in [-0.39, 0.29) is 6.61 Å². The molecule has 0 fully saturated rings. The molecule has 1 atom stereocenters. The highest BCUT2D eigenvalue weighted by molar-refractivity contribution is 4.96. The van der Waals surface area contributed by atoms with Gasteiger partial charge < -0.3 is 20.1 Å². The van der Waals surface area contributed by atoms with Crippen molar-refractivity contribution in [3.8, 4) is 0 Å². The van der Waals surface area contributed by atoms with Crippen LogP contribution >= 0.6 is 0 Å². The summed E-state index contributed by atoms with van der Waals surface area (Å²) < 4.78 is 1.76. The molecule has 1 aromatic heterocycles. The van der Waals surface area contributed by atoms with E-state index in [1.165, 1.54) is 0 Å². The number of aromatic nitrogens is 2. The molecule has 0 aliphatic rings. The third-order valence-electron chi connectivity index (χ3n) is 1.68. The number of nitrogens with one attached hydrogen (secondary N) is 1. The highest BCUT2D eigenvalue weighted by atomic mass is 16.3. The van der Waals surface area contributed by atoms with Gasteiger partial charge in [0.15, 0.2) is 0 Å². The maximum absolute atomic E-state index is 9.14. The molecule has 1 aromatic rings. The minimum atomic E-state index is -0.711. The largest absolute Gasteiger partial charge is 0.394 e. The van der Waals surface area contributed by atoms with Crippen molar-refractivity contribution in [2.75, 3.05) is 13.7 Å². The van der Waals surface area contributed by atoms with Gasteiger partial charge in [0, 0.05) is 12.7 Å². The highest BCUT2D eigenvalue weighted by Gasteiger charge is 2.03. The molecule has 5 heteroatoms. The number of hydrogen-bond donors (Lipinski definition) is 3. The van der Waals surface area contributed by atoms with E-state index in [1.807, 2.05) is 13.2 Å². The topological polar surface area (TPSA) is 70.3 Å². The minimum Gasteiger partial charge on any atom is -0.394 e. The van der Waals surface area contributed by atoms with Crippen LogP contribution < -0.4 is 5.32 Å². The van der Waals surface area contributed by atoms with Crippen LogP contribution in [-0.4, -0.2) is 39.5 Å². The average Bonchev–Trinajstić information content (AvgIpc) is 2.53. The molecular weight excluding hydrogens is 170 g/mol. The molecule has 74 valence electrons. The molecule has 0 aliphatic heterocycles. The SMILES string of the molecule is CNCc1cn(CC(O)CO)cn1. The molecule has 0 saturated heterocycles. The number of aliphatic hydroxyl groups is 2. The van der Waals surface area contributed by atoms with E-state index in [0.717, 1.165) is 5.69 Å². The lowest BCUT2D eigenvalue weighted by Gasteiger charge is -2.06. The summed E-state index contributed by atoms with van der Waals surface area (Å²) in [4.78, 5) is 4.10. The molecule has 0 radical (unpaired) electrons. The van der Waals surface area contributed by atoms with Crippen LogP contribution in [0.3, 0.4) is 0 Å². The molecule has 0 amide bonds. The predicted octanol–water partition coefficient (Wildman–Crippen LogP) is -1.04. The number of nitrogens with zero attached hydrogens (tertiary/aromatic N) is 2. The lowest BCUT2D eigenvalue weighted by molar-refractivity contribution is 0.0812. The van der Waals surface area contributed by atoms with Crippen molar-refractivity contribution in [1.29, 1.82) is 0 Å². The summed E-state index contributed by atoms with van der Waals surface area (Å²) >= 11 is 0. The van der Waals surface area contributed by atoms with Gasteiger partial charge in [0.1, 0.15) is 0 Å². The lowest BCUT2D eigenvalue weighted by Crippen LogP contribution is -2.18. The van der Waals surface area contributed by atoms with E-state index in [9.17, 15) is 0 Å². The predicted molar refractivity (Wildman–Crippen MR) is 48.1 cm³/mol. The summed E-state index contributed by atoms with van der Waals surface area (Å²) in [7, 11) is 1.85. The Labute approximate surface area is 77.0 Å². The standard InChI is InChI=1S/C8H15N3O2/c1-9-2-7-3-11(6-10-7)4-8(13)5-12/h3,6,8-9,12-13H,2,4-5H2,1H3. The summed E-state index contributed by atoms with van der Waals surface area (Å²) in [5.41, 5.74) is 0.924. The fourth-order valence-electron chi connectivity index (χ4n) is 1.08. The molecule has 0 saturated carbocycles. The number of hydrogen-bond acceptors (Lipinski definition) is 4. The van der Waals surface area contributed by atoms with E-state index < -0.39 is 6.10 Å². The normalized spacial score (nSPS) is 13.2. The van der Waals surface area contributed by atoms with Crippen LogP contribution in [0.1, 0.15) is 5.69 Å². The van der Waals surface area contributed by atoms with Crippen molar-refractivity contribution in [3.63, 3.8) is 0 Å². The summed E-state index contributed by atoms with van der Waals surface area (Å²) in [5, 5.41) is 20.7. The van der Waals surface area contributed by atoms with Gasteiger partial charge in [0.25, 0.3) is 0 Å². The van der Waals surface area contributed by atoms with Crippen LogP contribution in [0.25, 0.3) is 0 Å². The van der Waals surface area contributed by atoms with E-state index in [4.69, 9.17) is 10.2 Å². The molecule has 0 aliphatic carbocycles. The van der Waals surface area contributed by atoms with Gasteiger partial charge in [-0.3, -0.25) is 0 Å². The molecule has 0 bridgehead atoms. The molecule has 1 heterocycles. The van der Waals surface area contributed by atoms with Crippen LogP contribution in [0, 0.1) is 0 Å². The third-order valence-corrected chi connectivity index (χ3v) is 1.68. The third kappa shape index (κ3) is 3.14. The van der Waals surface area contributed by atoms with Crippen molar-refractivity contribution in [2.24, 2.45) is 0 Å². The van der Waals surface area contributed by atoms with Crippen molar-refractivity contribution in [1.82, 2.24) is 14.9 Å². The molecule has 0 spiro atoms. The first-order chi connectivity index (χ1) is 6.26. The second kappa shape index (κ2) is 4.96. The summed E-state index contributed by atoms with van der Waals surface area (Å²) in [6.07, 6.45) is 2.78. The van der Waals surface area contributed by atoms with Crippen molar-refractivity contribution in [2.45, 2.75) is 19.2 Å².